The number of halogens is 6. The van der Waals surface area contributed by atoms with E-state index in [0.717, 1.165) is 29.8 Å². The van der Waals surface area contributed by atoms with E-state index in [1.165, 1.54) is 18.2 Å². The molecule has 0 aliphatic heterocycles. The molecule has 4 nitrogen and oxygen atoms in total. The molecule has 0 bridgehead atoms. The van der Waals surface area contributed by atoms with E-state index in [2.05, 4.69) is 0 Å². The molecule has 0 N–H and O–H groups in total. The lowest BCUT2D eigenvalue weighted by Gasteiger charge is -2.18. The summed E-state index contributed by atoms with van der Waals surface area (Å²) in [5, 5.41) is 40.0. The second-order valence-corrected chi connectivity index (χ2v) is 11.9. The predicted molar refractivity (Wildman–Crippen MR) is 173 cm³/mol. The first kappa shape index (κ1) is 32.0. The molecule has 0 amide bonds. The molecule has 240 valence electrons. The van der Waals surface area contributed by atoms with Crippen LogP contribution in [0.2, 0.25) is 0 Å². The van der Waals surface area contributed by atoms with Gasteiger partial charge in [0.1, 0.15) is 35.4 Å². The zero-order valence-corrected chi connectivity index (χ0v) is 25.6. The summed E-state index contributed by atoms with van der Waals surface area (Å²) in [5.74, 6) is 0. The van der Waals surface area contributed by atoms with Crippen molar-refractivity contribution in [2.24, 2.45) is 0 Å². The highest BCUT2D eigenvalue weighted by Crippen LogP contribution is 2.55. The minimum atomic E-state index is -4.56. The van der Waals surface area contributed by atoms with Gasteiger partial charge in [0.25, 0.3) is 0 Å². The minimum absolute atomic E-state index is 0.216. The maximum absolute atomic E-state index is 13.5. The van der Waals surface area contributed by atoms with Gasteiger partial charge >= 0.3 is 12.4 Å². The zero-order valence-electron chi connectivity index (χ0n) is 25.6. The van der Waals surface area contributed by atoms with Crippen molar-refractivity contribution in [2.75, 3.05) is 0 Å². The normalized spacial score (nSPS) is 14.3. The van der Waals surface area contributed by atoms with E-state index in [-0.39, 0.29) is 22.3 Å². The van der Waals surface area contributed by atoms with E-state index < -0.39 is 23.5 Å². The van der Waals surface area contributed by atoms with Crippen molar-refractivity contribution in [1.82, 2.24) is 0 Å². The van der Waals surface area contributed by atoms with E-state index in [1.54, 1.807) is 36.4 Å². The molecule has 10 heteroatoms. The highest BCUT2D eigenvalue weighted by atomic mass is 19.4. The fourth-order valence-corrected chi connectivity index (χ4v) is 6.98. The smallest absolute Gasteiger partial charge is 0.192 e. The Morgan fingerprint density at radius 3 is 1.64 bits per heavy atom. The number of benzene rings is 4. The molecule has 7 rings (SSSR count). The summed E-state index contributed by atoms with van der Waals surface area (Å²) in [6.45, 7) is 0. The lowest BCUT2D eigenvalue weighted by Crippen LogP contribution is -2.05. The molecule has 0 atom stereocenters. The Morgan fingerprint density at radius 2 is 1.02 bits per heavy atom. The Hall–Kier alpha value is -6.62. The van der Waals surface area contributed by atoms with Gasteiger partial charge in [-0.1, -0.05) is 42.5 Å². The summed E-state index contributed by atoms with van der Waals surface area (Å²) in [5.41, 5.74) is 4.88. The third-order valence-corrected chi connectivity index (χ3v) is 9.19. The van der Waals surface area contributed by atoms with E-state index in [1.807, 2.05) is 30.3 Å². The second kappa shape index (κ2) is 11.5. The van der Waals surface area contributed by atoms with E-state index in [9.17, 15) is 47.4 Å². The molecule has 0 unspecified atom stereocenters. The fraction of sp³-hybridized carbons (Fsp3) is 0.100. The summed E-state index contributed by atoms with van der Waals surface area (Å²) < 4.78 is 81.1. The molecule has 4 aromatic carbocycles. The van der Waals surface area contributed by atoms with E-state index >= 15 is 0 Å². The van der Waals surface area contributed by atoms with Crippen LogP contribution < -0.4 is 0 Å². The number of hydrogen-bond donors (Lipinski definition) is 0. The molecule has 50 heavy (non-hydrogen) atoms. The van der Waals surface area contributed by atoms with Crippen LogP contribution in [0.3, 0.4) is 0 Å². The zero-order chi connectivity index (χ0) is 35.5. The van der Waals surface area contributed by atoms with Crippen LogP contribution >= 0.6 is 0 Å². The maximum Gasteiger partial charge on any atom is 0.416 e. The molecular formula is C40H18F6N4. The van der Waals surface area contributed by atoms with Crippen molar-refractivity contribution in [3.05, 3.63) is 141 Å². The predicted octanol–water partition coefficient (Wildman–Crippen LogP) is 10.7. The van der Waals surface area contributed by atoms with Crippen LogP contribution in [0, 0.1) is 45.3 Å². The molecule has 0 fully saturated rings. The van der Waals surface area contributed by atoms with Crippen LogP contribution in [0.4, 0.5) is 26.3 Å². The molecule has 0 spiro atoms. The van der Waals surface area contributed by atoms with Crippen molar-refractivity contribution in [3.8, 4) is 46.5 Å². The van der Waals surface area contributed by atoms with Gasteiger partial charge in [0.15, 0.2) is 0 Å². The van der Waals surface area contributed by atoms with Crippen molar-refractivity contribution >= 4 is 22.3 Å². The first-order chi connectivity index (χ1) is 23.9. The van der Waals surface area contributed by atoms with Crippen LogP contribution in [-0.4, -0.2) is 0 Å². The summed E-state index contributed by atoms with van der Waals surface area (Å²) in [4.78, 5) is 0. The summed E-state index contributed by atoms with van der Waals surface area (Å²) in [6, 6.07) is 26.1. The van der Waals surface area contributed by atoms with Crippen LogP contribution in [0.25, 0.3) is 44.5 Å². The Bertz CT molecular complexity index is 2460. The quantitative estimate of drug-likeness (QED) is 0.138. The SMILES string of the molecule is N#CC(C#N)=C1C2=C(CCC(c3cccc(C(F)(F)F)c3)=C2)c2cc3c(cc21)C(=C(C#N)C#N)c1cc(-c2cccc(C(F)(F)F)c2)ccc1-3. The first-order valence-corrected chi connectivity index (χ1v) is 15.1. The van der Waals surface area contributed by atoms with E-state index in [4.69, 9.17) is 0 Å². The van der Waals surface area contributed by atoms with Gasteiger partial charge in [-0.05, 0) is 122 Å². The molecule has 0 saturated carbocycles. The highest BCUT2D eigenvalue weighted by Gasteiger charge is 2.37. The number of alkyl halides is 6. The highest BCUT2D eigenvalue weighted by molar-refractivity contribution is 6.12. The molecule has 0 heterocycles. The van der Waals surface area contributed by atoms with Gasteiger partial charge in [-0.25, -0.2) is 0 Å². The van der Waals surface area contributed by atoms with Crippen molar-refractivity contribution in [2.45, 2.75) is 25.2 Å². The third kappa shape index (κ3) is 5.07. The largest absolute Gasteiger partial charge is 0.416 e. The Labute approximate surface area is 281 Å². The Kier molecular flexibility index (Phi) is 7.36. The molecule has 0 saturated heterocycles. The standard InChI is InChI=1S/C40H18F6N4/c41-39(42,43)27-5-1-3-21(11-27)23-7-9-29-31-15-32-30-10-8-24(22-4-2-6-28(12-22)40(44,45)46)14-34(30)38(26(19-49)20-50)36(32)16-35(31)37(33(29)13-23)25(17-47)18-48/h1-7,9,11-16H,8,10H2. The van der Waals surface area contributed by atoms with Crippen molar-refractivity contribution < 1.29 is 26.3 Å². The van der Waals surface area contributed by atoms with Crippen LogP contribution in [-0.2, 0) is 12.4 Å². The maximum atomic E-state index is 13.5. The number of rotatable bonds is 2. The molecule has 0 aromatic heterocycles. The van der Waals surface area contributed by atoms with Gasteiger partial charge in [-0.2, -0.15) is 47.4 Å². The van der Waals surface area contributed by atoms with Gasteiger partial charge in [0.05, 0.1) is 11.1 Å². The summed E-state index contributed by atoms with van der Waals surface area (Å²) in [6.07, 6.45) is -6.61. The molecule has 3 aliphatic carbocycles. The van der Waals surface area contributed by atoms with Gasteiger partial charge in [-0.3, -0.25) is 0 Å². The number of allylic oxidation sites excluding steroid dienone is 7. The average molecular weight is 669 g/mol. The Balaban J connectivity index is 1.43. The lowest BCUT2D eigenvalue weighted by molar-refractivity contribution is -0.138. The Morgan fingerprint density at radius 1 is 0.500 bits per heavy atom. The van der Waals surface area contributed by atoms with Gasteiger partial charge in [0, 0.05) is 11.1 Å². The molecule has 0 radical (unpaired) electrons. The molecular weight excluding hydrogens is 650 g/mol. The number of hydrogen-bond acceptors (Lipinski definition) is 4. The van der Waals surface area contributed by atoms with Crippen LogP contribution in [0.5, 0.6) is 0 Å². The van der Waals surface area contributed by atoms with Crippen LogP contribution in [0.1, 0.15) is 51.8 Å². The average Bonchev–Trinajstić information content (AvgIpc) is 3.59. The molecule has 4 aromatic rings. The minimum Gasteiger partial charge on any atom is -0.192 e. The fourth-order valence-electron chi connectivity index (χ4n) is 6.98. The number of fused-ring (bicyclic) bond motifs is 5. The van der Waals surface area contributed by atoms with E-state index in [0.29, 0.717) is 74.1 Å². The topological polar surface area (TPSA) is 95.2 Å². The van der Waals surface area contributed by atoms with Crippen molar-refractivity contribution in [3.63, 3.8) is 0 Å². The monoisotopic (exact) mass is 668 g/mol. The van der Waals surface area contributed by atoms with Crippen molar-refractivity contribution in [1.29, 1.82) is 21.0 Å². The van der Waals surface area contributed by atoms with Gasteiger partial charge in [0.2, 0.25) is 0 Å². The number of nitrogens with zero attached hydrogens (tertiary/aromatic N) is 4. The number of nitriles is 4. The second-order valence-electron chi connectivity index (χ2n) is 11.9. The molecule has 3 aliphatic rings. The summed E-state index contributed by atoms with van der Waals surface area (Å²) in [7, 11) is 0. The third-order valence-electron chi connectivity index (χ3n) is 9.19. The lowest BCUT2D eigenvalue weighted by atomic mass is 9.86. The van der Waals surface area contributed by atoms with Gasteiger partial charge in [-0.15, -0.1) is 0 Å². The van der Waals surface area contributed by atoms with Gasteiger partial charge < -0.3 is 0 Å². The van der Waals surface area contributed by atoms with Crippen LogP contribution in [0.15, 0.2) is 102 Å². The first-order valence-electron chi connectivity index (χ1n) is 15.1. The summed E-state index contributed by atoms with van der Waals surface area (Å²) >= 11 is 0.